The van der Waals surface area contributed by atoms with E-state index in [0.29, 0.717) is 0 Å². The van der Waals surface area contributed by atoms with E-state index in [9.17, 15) is 31.9 Å². The maximum Gasteiger partial charge on any atom is 0.461 e. The lowest BCUT2D eigenvalue weighted by atomic mass is 9.88. The average molecular weight is 456 g/mol. The third kappa shape index (κ3) is 4.02. The molecule has 0 radical (unpaired) electrons. The number of halogens is 5. The Bertz CT molecular complexity index is 1140. The molecule has 2 heterocycles. The maximum absolute atomic E-state index is 14.0. The number of amides is 1. The number of aliphatic hydroxyl groups is 1. The number of pyridine rings is 1. The molecule has 32 heavy (non-hydrogen) atoms. The predicted molar refractivity (Wildman–Crippen MR) is 101 cm³/mol. The average Bonchev–Trinajstić information content (AvgIpc) is 3.22. The highest BCUT2D eigenvalue weighted by Crippen LogP contribution is 2.43. The van der Waals surface area contributed by atoms with E-state index in [0.717, 1.165) is 11.6 Å². The summed E-state index contributed by atoms with van der Waals surface area (Å²) in [7, 11) is 0. The van der Waals surface area contributed by atoms with E-state index in [-0.39, 0.29) is 32.8 Å². The molecular formula is C19H17F5N6O2. The Morgan fingerprint density at radius 3 is 2.44 bits per heavy atom. The van der Waals surface area contributed by atoms with Crippen LogP contribution in [0.5, 0.6) is 0 Å². The number of alkyl halides is 5. The van der Waals surface area contributed by atoms with E-state index in [2.05, 4.69) is 20.5 Å². The van der Waals surface area contributed by atoms with E-state index in [4.69, 9.17) is 5.73 Å². The number of carbonyl (C=O) groups excluding carboxylic acids is 1. The summed E-state index contributed by atoms with van der Waals surface area (Å²) < 4.78 is 67.0. The standard InChI is InChI=1S/C19H17F5N6O2/c1-9-3-4-14(26-7-9)12-5-11(6-13(16(25)32)15(12)10(2)8-31)30-17(27-28-29-30)18(20,21)19(22,23)24/h3-7,10,31H,8H2,1-2H3,(H2,25,32)/t10-/m1/s1. The number of nitrogens with two attached hydrogens (primary N) is 1. The quantitative estimate of drug-likeness (QED) is 0.551. The molecule has 0 aliphatic rings. The van der Waals surface area contributed by atoms with Crippen LogP contribution in [0.25, 0.3) is 16.9 Å². The summed E-state index contributed by atoms with van der Waals surface area (Å²) in [6.45, 7) is 2.95. The number of hydrogen-bond acceptors (Lipinski definition) is 6. The SMILES string of the molecule is Cc1ccc(-c2cc(-n3nnnc3C(F)(F)C(F)(F)F)cc(C(N)=O)c2[C@H](C)CO)nc1. The highest BCUT2D eigenvalue weighted by Gasteiger charge is 2.62. The minimum absolute atomic E-state index is 0.186. The number of aliphatic hydroxyl groups excluding tert-OH is 1. The van der Waals surface area contributed by atoms with Crippen LogP contribution in [0.1, 0.15) is 40.2 Å². The fraction of sp³-hybridized carbons (Fsp3) is 0.316. The summed E-state index contributed by atoms with van der Waals surface area (Å²) in [4.78, 5) is 16.4. The summed E-state index contributed by atoms with van der Waals surface area (Å²) in [6.07, 6.45) is -4.46. The van der Waals surface area contributed by atoms with E-state index in [1.807, 2.05) is 0 Å². The van der Waals surface area contributed by atoms with Gasteiger partial charge in [-0.2, -0.15) is 26.6 Å². The van der Waals surface area contributed by atoms with Crippen molar-refractivity contribution in [3.05, 3.63) is 53.0 Å². The van der Waals surface area contributed by atoms with Crippen LogP contribution in [-0.4, -0.2) is 49.0 Å². The summed E-state index contributed by atoms with van der Waals surface area (Å²) in [5.74, 6) is -8.79. The first-order valence-electron chi connectivity index (χ1n) is 9.13. The van der Waals surface area contributed by atoms with Crippen LogP contribution < -0.4 is 5.73 Å². The van der Waals surface area contributed by atoms with Crippen molar-refractivity contribution in [1.29, 1.82) is 0 Å². The zero-order chi connectivity index (χ0) is 23.8. The molecule has 0 fully saturated rings. The largest absolute Gasteiger partial charge is 0.461 e. The van der Waals surface area contributed by atoms with E-state index < -0.39 is 36.4 Å². The van der Waals surface area contributed by atoms with Crippen LogP contribution in [0.3, 0.4) is 0 Å². The molecule has 0 unspecified atom stereocenters. The van der Waals surface area contributed by atoms with Gasteiger partial charge >= 0.3 is 12.1 Å². The number of primary amides is 1. The highest BCUT2D eigenvalue weighted by molar-refractivity contribution is 5.97. The molecular weight excluding hydrogens is 439 g/mol. The topological polar surface area (TPSA) is 120 Å². The first-order chi connectivity index (χ1) is 14.9. The fourth-order valence-corrected chi connectivity index (χ4v) is 3.11. The number of nitrogens with zero attached hydrogens (tertiary/aromatic N) is 5. The Morgan fingerprint density at radius 2 is 1.91 bits per heavy atom. The third-order valence-corrected chi connectivity index (χ3v) is 4.74. The van der Waals surface area contributed by atoms with Crippen LogP contribution >= 0.6 is 0 Å². The normalized spacial score (nSPS) is 13.2. The molecule has 0 aliphatic heterocycles. The van der Waals surface area contributed by atoms with Gasteiger partial charge in [0.15, 0.2) is 0 Å². The van der Waals surface area contributed by atoms with E-state index >= 15 is 0 Å². The molecule has 3 N–H and O–H groups in total. The second-order valence-electron chi connectivity index (χ2n) is 7.11. The molecule has 0 aliphatic carbocycles. The van der Waals surface area contributed by atoms with Crippen molar-refractivity contribution in [3.8, 4) is 16.9 Å². The lowest BCUT2D eigenvalue weighted by Gasteiger charge is -2.21. The first-order valence-corrected chi connectivity index (χ1v) is 9.13. The van der Waals surface area contributed by atoms with Crippen molar-refractivity contribution in [2.24, 2.45) is 5.73 Å². The first kappa shape index (κ1) is 23.2. The molecule has 3 aromatic rings. The number of hydrogen-bond donors (Lipinski definition) is 2. The van der Waals surface area contributed by atoms with Crippen LogP contribution in [0.4, 0.5) is 22.0 Å². The molecule has 0 saturated heterocycles. The molecule has 1 atom stereocenters. The van der Waals surface area contributed by atoms with Crippen LogP contribution in [0.15, 0.2) is 30.5 Å². The fourth-order valence-electron chi connectivity index (χ4n) is 3.11. The number of carbonyl (C=O) groups is 1. The van der Waals surface area contributed by atoms with E-state index in [1.54, 1.807) is 26.0 Å². The van der Waals surface area contributed by atoms with Crippen molar-refractivity contribution in [3.63, 3.8) is 0 Å². The smallest absolute Gasteiger partial charge is 0.396 e. The summed E-state index contributed by atoms with van der Waals surface area (Å²) >= 11 is 0. The second-order valence-corrected chi connectivity index (χ2v) is 7.11. The molecule has 13 heteroatoms. The van der Waals surface area contributed by atoms with Crippen LogP contribution in [0, 0.1) is 6.92 Å². The highest BCUT2D eigenvalue weighted by atomic mass is 19.4. The Hall–Kier alpha value is -3.48. The van der Waals surface area contributed by atoms with Gasteiger partial charge in [0, 0.05) is 29.8 Å². The number of benzene rings is 1. The molecule has 3 rings (SSSR count). The maximum atomic E-state index is 14.0. The van der Waals surface area contributed by atoms with Gasteiger partial charge in [0.1, 0.15) is 0 Å². The van der Waals surface area contributed by atoms with E-state index in [1.165, 1.54) is 12.3 Å². The zero-order valence-corrected chi connectivity index (χ0v) is 16.7. The monoisotopic (exact) mass is 456 g/mol. The van der Waals surface area contributed by atoms with Gasteiger partial charge in [-0.3, -0.25) is 9.78 Å². The van der Waals surface area contributed by atoms with Crippen molar-refractivity contribution < 1.29 is 31.9 Å². The molecule has 1 amide bonds. The minimum Gasteiger partial charge on any atom is -0.396 e. The van der Waals surface area contributed by atoms with Gasteiger partial charge in [0.25, 0.3) is 0 Å². The molecule has 2 aromatic heterocycles. The van der Waals surface area contributed by atoms with Gasteiger partial charge < -0.3 is 10.8 Å². The minimum atomic E-state index is -5.96. The van der Waals surface area contributed by atoms with Crippen molar-refractivity contribution in [1.82, 2.24) is 25.2 Å². The van der Waals surface area contributed by atoms with Gasteiger partial charge in [0.2, 0.25) is 11.7 Å². The molecule has 0 spiro atoms. The third-order valence-electron chi connectivity index (χ3n) is 4.74. The lowest BCUT2D eigenvalue weighted by Crippen LogP contribution is -2.36. The molecule has 1 aromatic carbocycles. The predicted octanol–water partition coefficient (Wildman–Crippen LogP) is 2.88. The van der Waals surface area contributed by atoms with Gasteiger partial charge in [-0.25, -0.2) is 0 Å². The molecule has 0 saturated carbocycles. The summed E-state index contributed by atoms with van der Waals surface area (Å²) in [5, 5.41) is 18.7. The Kier molecular flexibility index (Phi) is 5.96. The van der Waals surface area contributed by atoms with Crippen molar-refractivity contribution in [2.75, 3.05) is 6.61 Å². The van der Waals surface area contributed by atoms with Gasteiger partial charge in [-0.05, 0) is 46.7 Å². The van der Waals surface area contributed by atoms with Crippen LogP contribution in [-0.2, 0) is 5.92 Å². The summed E-state index contributed by atoms with van der Waals surface area (Å²) in [6, 6.07) is 5.45. The second kappa shape index (κ2) is 8.22. The van der Waals surface area contributed by atoms with Crippen molar-refractivity contribution >= 4 is 5.91 Å². The van der Waals surface area contributed by atoms with Gasteiger partial charge in [-0.1, -0.05) is 13.0 Å². The number of aromatic nitrogens is 5. The number of aryl methyl sites for hydroxylation is 1. The number of rotatable bonds is 6. The number of tetrazole rings is 1. The Morgan fingerprint density at radius 1 is 1.22 bits per heavy atom. The zero-order valence-electron chi connectivity index (χ0n) is 16.7. The summed E-state index contributed by atoms with van der Waals surface area (Å²) in [5.41, 5.74) is 6.39. The molecule has 0 bridgehead atoms. The molecule has 8 nitrogen and oxygen atoms in total. The van der Waals surface area contributed by atoms with Gasteiger partial charge in [0.05, 0.1) is 11.4 Å². The molecule has 170 valence electrons. The van der Waals surface area contributed by atoms with Crippen LogP contribution in [0.2, 0.25) is 0 Å². The Balaban J connectivity index is 2.35. The van der Waals surface area contributed by atoms with Crippen molar-refractivity contribution in [2.45, 2.75) is 31.9 Å². The lowest BCUT2D eigenvalue weighted by molar-refractivity contribution is -0.293. The van der Waals surface area contributed by atoms with Gasteiger partial charge in [-0.15, -0.1) is 5.10 Å². The Labute approximate surface area is 177 Å².